The molecule has 0 bridgehead atoms. The number of Topliss-reactive ketones (excluding diaryl/α,β-unsaturated/α-hetero) is 2. The summed E-state index contributed by atoms with van der Waals surface area (Å²) < 4.78 is 5.25. The Bertz CT molecular complexity index is 1050. The van der Waals surface area contributed by atoms with Gasteiger partial charge < -0.3 is 38.3 Å². The topological polar surface area (TPSA) is 278 Å². The molecule has 1 aliphatic rings. The molecule has 1 fully saturated rings. The molecule has 0 aromatic carbocycles. The molecule has 1 rings (SSSR count). The number of ketones is 2. The predicted octanol–water partition coefficient (Wildman–Crippen LogP) is -1.75. The fourth-order valence-corrected chi connectivity index (χ4v) is 5.25. The van der Waals surface area contributed by atoms with Crippen molar-refractivity contribution in [1.82, 2.24) is 10.6 Å². The summed E-state index contributed by atoms with van der Waals surface area (Å²) in [6.45, 7) is 7.21. The molecule has 6 atom stereocenters. The maximum atomic E-state index is 13.8. The van der Waals surface area contributed by atoms with E-state index in [0.29, 0.717) is 0 Å². The number of carbonyl (C=O) groups excluding carboxylic acids is 5. The van der Waals surface area contributed by atoms with E-state index in [-0.39, 0.29) is 44.2 Å². The minimum absolute atomic E-state index is 0.0137. The lowest BCUT2D eigenvalue weighted by atomic mass is 9.64. The average molecular weight is 585 g/mol. The van der Waals surface area contributed by atoms with E-state index >= 15 is 0 Å². The van der Waals surface area contributed by atoms with Crippen LogP contribution in [0.1, 0.15) is 66.7 Å². The Balaban J connectivity index is 3.29. The molecule has 0 radical (unpaired) electrons. The van der Waals surface area contributed by atoms with Crippen LogP contribution in [0.25, 0.3) is 0 Å². The first-order chi connectivity index (χ1) is 19.0. The maximum absolute atomic E-state index is 13.8. The van der Waals surface area contributed by atoms with Gasteiger partial charge >= 0.3 is 5.97 Å². The molecule has 0 spiro atoms. The minimum atomic E-state index is -2.06. The number of esters is 1. The Hall–Kier alpha value is -3.66. The van der Waals surface area contributed by atoms with Gasteiger partial charge in [0, 0.05) is 11.3 Å². The summed E-state index contributed by atoms with van der Waals surface area (Å²) in [7, 11) is 0. The number of hydrogen-bond donors (Lipinski definition) is 6. The number of nitrogens with zero attached hydrogens (tertiary/aromatic N) is 2. The summed E-state index contributed by atoms with van der Waals surface area (Å²) >= 11 is 0. The van der Waals surface area contributed by atoms with Crippen LogP contribution >= 0.6 is 0 Å². The van der Waals surface area contributed by atoms with Crippen molar-refractivity contribution >= 4 is 35.3 Å². The smallest absolute Gasteiger partial charge is 0.333 e. The summed E-state index contributed by atoms with van der Waals surface area (Å²) in [5, 5.41) is 16.2. The highest BCUT2D eigenvalue weighted by Crippen LogP contribution is 2.50. The molecule has 0 aromatic heterocycles. The van der Waals surface area contributed by atoms with Crippen LogP contribution in [0.5, 0.6) is 0 Å². The number of amides is 2. The number of aliphatic imine (C=N–C) groups is 1. The summed E-state index contributed by atoms with van der Waals surface area (Å²) in [6, 6.07) is -5.18. The first kappa shape index (κ1) is 35.4. The Morgan fingerprint density at radius 1 is 1.02 bits per heavy atom. The predicted molar refractivity (Wildman–Crippen MR) is 149 cm³/mol. The molecule has 0 saturated heterocycles. The van der Waals surface area contributed by atoms with E-state index in [9.17, 15) is 34.1 Å². The summed E-state index contributed by atoms with van der Waals surface area (Å²) in [4.78, 5) is 80.7. The summed E-state index contributed by atoms with van der Waals surface area (Å²) in [6.07, 6.45) is -0.0587. The van der Waals surface area contributed by atoms with Crippen molar-refractivity contribution in [2.45, 2.75) is 96.4 Å². The van der Waals surface area contributed by atoms with Gasteiger partial charge in [0.25, 0.3) is 0 Å². The number of nitrogens with one attached hydrogen (secondary N) is 2. The first-order valence-electron chi connectivity index (χ1n) is 13.5. The van der Waals surface area contributed by atoms with Crippen LogP contribution in [0.2, 0.25) is 0 Å². The number of guanidine groups is 1. The molecule has 0 aromatic rings. The maximum Gasteiger partial charge on any atom is 0.333 e. The monoisotopic (exact) mass is 584 g/mol. The van der Waals surface area contributed by atoms with Crippen molar-refractivity contribution in [2.24, 2.45) is 39.3 Å². The molecule has 1 aliphatic carbocycles. The zero-order chi connectivity index (χ0) is 31.7. The van der Waals surface area contributed by atoms with Gasteiger partial charge in [-0.2, -0.15) is 0 Å². The van der Waals surface area contributed by atoms with Gasteiger partial charge in [-0.1, -0.05) is 13.8 Å². The van der Waals surface area contributed by atoms with E-state index in [1.165, 1.54) is 13.8 Å². The van der Waals surface area contributed by atoms with Crippen LogP contribution in [0.15, 0.2) is 4.99 Å². The van der Waals surface area contributed by atoms with Crippen LogP contribution in [-0.2, 0) is 28.7 Å². The molecular formula is C25H44N8O8. The fourth-order valence-electron chi connectivity index (χ4n) is 5.25. The molecule has 3 unspecified atom stereocenters. The average Bonchev–Trinajstić information content (AvgIpc) is 3.26. The van der Waals surface area contributed by atoms with E-state index < -0.39 is 82.4 Å². The lowest BCUT2D eigenvalue weighted by molar-refractivity contribution is -0.520. The molecule has 232 valence electrons. The molecule has 10 N–H and O–H groups in total. The van der Waals surface area contributed by atoms with E-state index in [2.05, 4.69) is 15.6 Å². The van der Waals surface area contributed by atoms with Crippen LogP contribution in [0.3, 0.4) is 0 Å². The van der Waals surface area contributed by atoms with Gasteiger partial charge in [-0.25, -0.2) is 9.79 Å². The third-order valence-electron chi connectivity index (χ3n) is 7.27. The van der Waals surface area contributed by atoms with Gasteiger partial charge in [0.2, 0.25) is 17.9 Å². The second-order valence-corrected chi connectivity index (χ2v) is 10.8. The van der Waals surface area contributed by atoms with Crippen LogP contribution in [-0.4, -0.2) is 83.1 Å². The van der Waals surface area contributed by atoms with Gasteiger partial charge in [0.1, 0.15) is 23.8 Å². The van der Waals surface area contributed by atoms with Crippen molar-refractivity contribution in [3.05, 3.63) is 10.1 Å². The second-order valence-electron chi connectivity index (χ2n) is 10.8. The Kier molecular flexibility index (Phi) is 12.8. The van der Waals surface area contributed by atoms with Gasteiger partial charge in [-0.05, 0) is 52.4 Å². The number of ether oxygens (including phenoxy) is 1. The van der Waals surface area contributed by atoms with Gasteiger partial charge in [0.05, 0.1) is 18.7 Å². The van der Waals surface area contributed by atoms with Crippen molar-refractivity contribution in [3.63, 3.8) is 0 Å². The van der Waals surface area contributed by atoms with Crippen molar-refractivity contribution in [3.8, 4) is 0 Å². The van der Waals surface area contributed by atoms with Crippen molar-refractivity contribution in [1.29, 1.82) is 0 Å². The lowest BCUT2D eigenvalue weighted by Crippen LogP contribution is -2.71. The molecule has 0 aliphatic heterocycles. The van der Waals surface area contributed by atoms with Crippen LogP contribution in [0, 0.1) is 21.4 Å². The highest BCUT2D eigenvalue weighted by molar-refractivity contribution is 6.15. The van der Waals surface area contributed by atoms with Crippen LogP contribution in [0.4, 0.5) is 0 Å². The molecular weight excluding hydrogens is 540 g/mol. The molecule has 16 nitrogen and oxygen atoms in total. The third-order valence-corrected chi connectivity index (χ3v) is 7.27. The number of hydrogen-bond acceptors (Lipinski definition) is 11. The van der Waals surface area contributed by atoms with E-state index in [1.54, 1.807) is 6.92 Å². The van der Waals surface area contributed by atoms with Crippen molar-refractivity contribution < 1.29 is 33.6 Å². The molecule has 16 heteroatoms. The highest BCUT2D eigenvalue weighted by Gasteiger charge is 2.68. The molecule has 41 heavy (non-hydrogen) atoms. The first-order valence-corrected chi connectivity index (χ1v) is 13.5. The SMILES string of the molecule is CCOC(=O)C1(NC(=O)[C@H](C)NC(=O)[C@@H](N)CC(CN=C(N)N)[N+](=O)[O-])CCCC1(C(C)=O)C(=O)[C@@H](N)CC(C)C. The van der Waals surface area contributed by atoms with Gasteiger partial charge in [-0.15, -0.1) is 0 Å². The van der Waals surface area contributed by atoms with Crippen LogP contribution < -0.4 is 33.6 Å². The second kappa shape index (κ2) is 14.8. The highest BCUT2D eigenvalue weighted by atomic mass is 16.6. The minimum Gasteiger partial charge on any atom is -0.464 e. The Morgan fingerprint density at radius 2 is 1.63 bits per heavy atom. The lowest BCUT2D eigenvalue weighted by Gasteiger charge is -2.43. The standard InChI is InChI=1S/C25H44N8O8/c1-6-41-22(38)25(9-7-8-24(25,15(5)34)19(35)17(26)10-13(2)3)32-20(36)14(4)31-21(37)18(27)11-16(33(39)40)12-30-23(28)29/h13-14,16-18H,6-12,26-27H2,1-5H3,(H,31,37)(H,32,36)(H4,28,29,30)/t14-,16?,17-,18-,24?,25?/m0/s1. The molecule has 2 amide bonds. The fraction of sp³-hybridized carbons (Fsp3) is 0.760. The Morgan fingerprint density at radius 3 is 2.12 bits per heavy atom. The van der Waals surface area contributed by atoms with Crippen molar-refractivity contribution in [2.75, 3.05) is 13.2 Å². The molecule has 1 saturated carbocycles. The summed E-state index contributed by atoms with van der Waals surface area (Å²) in [5.74, 6) is -4.42. The number of nitro groups is 1. The third kappa shape index (κ3) is 8.19. The number of carbonyl (C=O) groups is 5. The van der Waals surface area contributed by atoms with Gasteiger partial charge in [-0.3, -0.25) is 29.3 Å². The summed E-state index contributed by atoms with van der Waals surface area (Å²) in [5.41, 5.74) is 18.4. The van der Waals surface area contributed by atoms with Gasteiger partial charge in [0.15, 0.2) is 17.3 Å². The number of rotatable bonds is 16. The van der Waals surface area contributed by atoms with E-state index in [4.69, 9.17) is 27.7 Å². The quantitative estimate of drug-likeness (QED) is 0.0294. The number of nitrogens with two attached hydrogens (primary N) is 4. The zero-order valence-corrected chi connectivity index (χ0v) is 24.3. The normalized spacial score (nSPS) is 23.0. The largest absolute Gasteiger partial charge is 0.464 e. The van der Waals surface area contributed by atoms with E-state index in [1.807, 2.05) is 13.8 Å². The Labute approximate surface area is 238 Å². The zero-order valence-electron chi connectivity index (χ0n) is 24.3. The van der Waals surface area contributed by atoms with E-state index in [0.717, 1.165) is 0 Å². The molecule has 0 heterocycles.